The van der Waals surface area contributed by atoms with Gasteiger partial charge in [-0.15, -0.1) is 0 Å². The standard InChI is InChI=1S/C15H21N3O2S/c1-3-12-6-5-7-13(8-12)18-21(19,20)15-9-14(17-11-15)10-16-4-2/h5-9,11,16-18H,3-4,10H2,1-2H3. The number of sulfonamides is 1. The van der Waals surface area contributed by atoms with Gasteiger partial charge in [0, 0.05) is 24.1 Å². The number of benzene rings is 1. The van der Waals surface area contributed by atoms with Crippen LogP contribution in [0.4, 0.5) is 5.69 Å². The van der Waals surface area contributed by atoms with Crippen LogP contribution in [-0.4, -0.2) is 19.9 Å². The molecule has 114 valence electrons. The Balaban J connectivity index is 2.15. The summed E-state index contributed by atoms with van der Waals surface area (Å²) in [5.41, 5.74) is 2.53. The van der Waals surface area contributed by atoms with Gasteiger partial charge in [0.1, 0.15) is 4.90 Å². The maximum Gasteiger partial charge on any atom is 0.263 e. The van der Waals surface area contributed by atoms with Crippen molar-refractivity contribution in [1.82, 2.24) is 10.3 Å². The second kappa shape index (κ2) is 6.78. The van der Waals surface area contributed by atoms with E-state index in [1.165, 1.54) is 6.20 Å². The number of rotatable bonds is 7. The van der Waals surface area contributed by atoms with Crippen molar-refractivity contribution >= 4 is 15.7 Å². The Labute approximate surface area is 125 Å². The molecule has 0 aliphatic rings. The average molecular weight is 307 g/mol. The lowest BCUT2D eigenvalue weighted by atomic mass is 10.1. The van der Waals surface area contributed by atoms with E-state index < -0.39 is 10.0 Å². The van der Waals surface area contributed by atoms with Gasteiger partial charge in [0.15, 0.2) is 0 Å². The van der Waals surface area contributed by atoms with E-state index in [1.54, 1.807) is 12.1 Å². The molecule has 1 heterocycles. The van der Waals surface area contributed by atoms with Gasteiger partial charge in [0.05, 0.1) is 0 Å². The van der Waals surface area contributed by atoms with Gasteiger partial charge in [-0.25, -0.2) is 8.42 Å². The summed E-state index contributed by atoms with van der Waals surface area (Å²) in [6, 6.07) is 9.08. The molecule has 0 atom stereocenters. The molecule has 1 aromatic heterocycles. The molecule has 6 heteroatoms. The Bertz CT molecular complexity index is 692. The second-order valence-electron chi connectivity index (χ2n) is 4.80. The first-order valence-electron chi connectivity index (χ1n) is 7.05. The highest BCUT2D eigenvalue weighted by Gasteiger charge is 2.16. The van der Waals surface area contributed by atoms with Crippen LogP contribution in [-0.2, 0) is 23.0 Å². The molecular formula is C15H21N3O2S. The van der Waals surface area contributed by atoms with Crippen molar-refractivity contribution in [2.75, 3.05) is 11.3 Å². The smallest absolute Gasteiger partial charge is 0.263 e. The third-order valence-electron chi connectivity index (χ3n) is 3.18. The van der Waals surface area contributed by atoms with Crippen LogP contribution in [0.3, 0.4) is 0 Å². The number of H-pyrrole nitrogens is 1. The van der Waals surface area contributed by atoms with Crippen molar-refractivity contribution in [3.05, 3.63) is 47.8 Å². The molecule has 0 aliphatic heterocycles. The SMILES string of the molecule is CCNCc1cc(S(=O)(=O)Nc2cccc(CC)c2)c[nH]1. The topological polar surface area (TPSA) is 74.0 Å². The number of anilines is 1. The molecule has 21 heavy (non-hydrogen) atoms. The van der Waals surface area contributed by atoms with Gasteiger partial charge < -0.3 is 10.3 Å². The van der Waals surface area contributed by atoms with Gasteiger partial charge in [-0.05, 0) is 36.7 Å². The Kier molecular flexibility index (Phi) is 5.03. The minimum atomic E-state index is -3.55. The molecule has 5 nitrogen and oxygen atoms in total. The number of aryl methyl sites for hydroxylation is 1. The monoisotopic (exact) mass is 307 g/mol. The molecule has 0 aliphatic carbocycles. The Hall–Kier alpha value is -1.79. The lowest BCUT2D eigenvalue weighted by molar-refractivity contribution is 0.601. The summed E-state index contributed by atoms with van der Waals surface area (Å²) in [4.78, 5) is 3.22. The summed E-state index contributed by atoms with van der Waals surface area (Å²) in [5, 5.41) is 3.15. The van der Waals surface area contributed by atoms with Crippen LogP contribution in [0.5, 0.6) is 0 Å². The normalized spacial score (nSPS) is 11.5. The minimum Gasteiger partial charge on any atom is -0.363 e. The molecule has 2 rings (SSSR count). The molecule has 2 aromatic rings. The first-order chi connectivity index (χ1) is 10.0. The highest BCUT2D eigenvalue weighted by Crippen LogP contribution is 2.18. The van der Waals surface area contributed by atoms with E-state index in [1.807, 2.05) is 32.0 Å². The van der Waals surface area contributed by atoms with Crippen LogP contribution in [0.1, 0.15) is 25.1 Å². The molecule has 0 saturated heterocycles. The Morgan fingerprint density at radius 3 is 2.71 bits per heavy atom. The summed E-state index contributed by atoms with van der Waals surface area (Å²) in [5.74, 6) is 0. The van der Waals surface area contributed by atoms with E-state index in [0.717, 1.165) is 24.2 Å². The number of nitrogens with one attached hydrogen (secondary N) is 3. The minimum absolute atomic E-state index is 0.248. The van der Waals surface area contributed by atoms with Crippen molar-refractivity contribution in [3.63, 3.8) is 0 Å². The van der Waals surface area contributed by atoms with Crippen LogP contribution in [0, 0.1) is 0 Å². The molecule has 0 bridgehead atoms. The van der Waals surface area contributed by atoms with Gasteiger partial charge in [-0.2, -0.15) is 0 Å². The maximum absolute atomic E-state index is 12.3. The van der Waals surface area contributed by atoms with Crippen molar-refractivity contribution < 1.29 is 8.42 Å². The van der Waals surface area contributed by atoms with Gasteiger partial charge in [0.2, 0.25) is 0 Å². The van der Waals surface area contributed by atoms with E-state index in [9.17, 15) is 8.42 Å². The molecule has 3 N–H and O–H groups in total. The highest BCUT2D eigenvalue weighted by atomic mass is 32.2. The second-order valence-corrected chi connectivity index (χ2v) is 6.48. The largest absolute Gasteiger partial charge is 0.363 e. The van der Waals surface area contributed by atoms with E-state index >= 15 is 0 Å². The van der Waals surface area contributed by atoms with Crippen LogP contribution in [0.25, 0.3) is 0 Å². The summed E-state index contributed by atoms with van der Waals surface area (Å²) in [6.07, 6.45) is 2.38. The third-order valence-corrected chi connectivity index (χ3v) is 4.54. The quantitative estimate of drug-likeness (QED) is 0.736. The van der Waals surface area contributed by atoms with E-state index in [0.29, 0.717) is 12.2 Å². The zero-order valence-electron chi connectivity index (χ0n) is 12.3. The van der Waals surface area contributed by atoms with Crippen LogP contribution in [0.15, 0.2) is 41.4 Å². The molecule has 0 unspecified atom stereocenters. The van der Waals surface area contributed by atoms with E-state index in [-0.39, 0.29) is 4.90 Å². The van der Waals surface area contributed by atoms with Gasteiger partial charge in [0.25, 0.3) is 10.0 Å². The number of aromatic amines is 1. The van der Waals surface area contributed by atoms with Gasteiger partial charge >= 0.3 is 0 Å². The highest BCUT2D eigenvalue weighted by molar-refractivity contribution is 7.92. The fourth-order valence-corrected chi connectivity index (χ4v) is 3.07. The number of hydrogen-bond acceptors (Lipinski definition) is 3. The third kappa shape index (κ3) is 4.09. The van der Waals surface area contributed by atoms with Crippen LogP contribution >= 0.6 is 0 Å². The molecular weight excluding hydrogens is 286 g/mol. The first-order valence-corrected chi connectivity index (χ1v) is 8.53. The fourth-order valence-electron chi connectivity index (χ4n) is 2.00. The number of aromatic nitrogens is 1. The molecule has 0 amide bonds. The van der Waals surface area contributed by atoms with Crippen molar-refractivity contribution in [1.29, 1.82) is 0 Å². The molecule has 0 fully saturated rings. The Morgan fingerprint density at radius 2 is 2.00 bits per heavy atom. The molecule has 0 spiro atoms. The zero-order chi connectivity index (χ0) is 15.3. The average Bonchev–Trinajstić information content (AvgIpc) is 2.94. The van der Waals surface area contributed by atoms with E-state index in [2.05, 4.69) is 15.0 Å². The summed E-state index contributed by atoms with van der Waals surface area (Å²) in [6.45, 7) is 5.50. The summed E-state index contributed by atoms with van der Waals surface area (Å²) in [7, 11) is -3.55. The summed E-state index contributed by atoms with van der Waals surface area (Å²) >= 11 is 0. The number of hydrogen-bond donors (Lipinski definition) is 3. The van der Waals surface area contributed by atoms with Crippen molar-refractivity contribution in [2.45, 2.75) is 31.7 Å². The Morgan fingerprint density at radius 1 is 1.19 bits per heavy atom. The van der Waals surface area contributed by atoms with E-state index in [4.69, 9.17) is 0 Å². The maximum atomic E-state index is 12.3. The van der Waals surface area contributed by atoms with Crippen molar-refractivity contribution in [3.8, 4) is 0 Å². The van der Waals surface area contributed by atoms with Crippen LogP contribution in [0.2, 0.25) is 0 Å². The fraction of sp³-hybridized carbons (Fsp3) is 0.333. The molecule has 0 radical (unpaired) electrons. The molecule has 1 aromatic carbocycles. The van der Waals surface area contributed by atoms with Gasteiger partial charge in [-0.3, -0.25) is 4.72 Å². The lowest BCUT2D eigenvalue weighted by Crippen LogP contribution is -2.13. The first kappa shape index (κ1) is 15.6. The van der Waals surface area contributed by atoms with Gasteiger partial charge in [-0.1, -0.05) is 26.0 Å². The molecule has 0 saturated carbocycles. The predicted molar refractivity (Wildman–Crippen MR) is 84.8 cm³/mol. The van der Waals surface area contributed by atoms with Crippen molar-refractivity contribution in [2.24, 2.45) is 0 Å². The predicted octanol–water partition coefficient (Wildman–Crippen LogP) is 2.49. The summed E-state index contributed by atoms with van der Waals surface area (Å²) < 4.78 is 27.3. The lowest BCUT2D eigenvalue weighted by Gasteiger charge is -2.07. The van der Waals surface area contributed by atoms with Crippen LogP contribution < -0.4 is 10.0 Å². The zero-order valence-corrected chi connectivity index (χ0v) is 13.1.